The summed E-state index contributed by atoms with van der Waals surface area (Å²) in [5, 5.41) is 18.7. The van der Waals surface area contributed by atoms with Gasteiger partial charge in [0.05, 0.1) is 18.8 Å². The maximum absolute atomic E-state index is 9.60. The van der Waals surface area contributed by atoms with Crippen LogP contribution in [0.1, 0.15) is 38.4 Å². The number of ether oxygens (including phenoxy) is 1. The number of aliphatic hydroxyl groups is 2. The quantitative estimate of drug-likeness (QED) is 0.779. The van der Waals surface area contributed by atoms with Crippen molar-refractivity contribution in [3.8, 4) is 5.75 Å². The smallest absolute Gasteiger partial charge is 0.119 e. The highest BCUT2D eigenvalue weighted by atomic mass is 16.5. The summed E-state index contributed by atoms with van der Waals surface area (Å²) in [5.41, 5.74) is 0.908. The van der Waals surface area contributed by atoms with Crippen LogP contribution in [-0.2, 0) is 0 Å². The van der Waals surface area contributed by atoms with E-state index in [-0.39, 0.29) is 6.10 Å². The van der Waals surface area contributed by atoms with E-state index in [0.717, 1.165) is 11.3 Å². The van der Waals surface area contributed by atoms with Crippen molar-refractivity contribution in [3.63, 3.8) is 0 Å². The van der Waals surface area contributed by atoms with Crippen molar-refractivity contribution < 1.29 is 14.9 Å². The van der Waals surface area contributed by atoms with Crippen LogP contribution in [0.3, 0.4) is 0 Å². The molecule has 0 radical (unpaired) electrons. The van der Waals surface area contributed by atoms with Crippen LogP contribution in [0.5, 0.6) is 5.75 Å². The van der Waals surface area contributed by atoms with Gasteiger partial charge in [0.25, 0.3) is 0 Å². The molecular weight excluding hydrogens is 204 g/mol. The van der Waals surface area contributed by atoms with Gasteiger partial charge in [0.2, 0.25) is 0 Å². The molecule has 1 aromatic carbocycles. The van der Waals surface area contributed by atoms with E-state index < -0.39 is 6.10 Å². The summed E-state index contributed by atoms with van der Waals surface area (Å²) in [6.45, 7) is 4.19. The predicted molar refractivity (Wildman–Crippen MR) is 63.5 cm³/mol. The molecule has 0 aliphatic rings. The van der Waals surface area contributed by atoms with Crippen LogP contribution >= 0.6 is 0 Å². The molecule has 0 saturated carbocycles. The van der Waals surface area contributed by atoms with Crippen molar-refractivity contribution in [1.29, 1.82) is 0 Å². The first-order valence-electron chi connectivity index (χ1n) is 5.72. The SMILES string of the molecule is CC[C@H](O)c1ccc(OCCC(C)O)cc1. The van der Waals surface area contributed by atoms with Gasteiger partial charge in [-0.15, -0.1) is 0 Å². The number of hydrogen-bond acceptors (Lipinski definition) is 3. The Morgan fingerprint density at radius 2 is 1.81 bits per heavy atom. The van der Waals surface area contributed by atoms with E-state index in [0.29, 0.717) is 19.4 Å². The van der Waals surface area contributed by atoms with Gasteiger partial charge in [0.15, 0.2) is 0 Å². The van der Waals surface area contributed by atoms with Crippen LogP contribution < -0.4 is 4.74 Å². The molecule has 3 nitrogen and oxygen atoms in total. The molecule has 1 unspecified atom stereocenters. The van der Waals surface area contributed by atoms with Crippen molar-refractivity contribution in [2.24, 2.45) is 0 Å². The van der Waals surface area contributed by atoms with Crippen molar-refractivity contribution >= 4 is 0 Å². The largest absolute Gasteiger partial charge is 0.493 e. The van der Waals surface area contributed by atoms with E-state index in [1.165, 1.54) is 0 Å². The highest BCUT2D eigenvalue weighted by molar-refractivity contribution is 5.28. The summed E-state index contributed by atoms with van der Waals surface area (Å²) in [4.78, 5) is 0. The normalized spacial score (nSPS) is 14.5. The van der Waals surface area contributed by atoms with Crippen LogP contribution in [0, 0.1) is 0 Å². The lowest BCUT2D eigenvalue weighted by Gasteiger charge is -2.10. The molecule has 1 rings (SSSR count). The lowest BCUT2D eigenvalue weighted by molar-refractivity contribution is 0.155. The van der Waals surface area contributed by atoms with Gasteiger partial charge in [-0.2, -0.15) is 0 Å². The van der Waals surface area contributed by atoms with Crippen LogP contribution in [-0.4, -0.2) is 22.9 Å². The number of hydrogen-bond donors (Lipinski definition) is 2. The Hall–Kier alpha value is -1.06. The van der Waals surface area contributed by atoms with Gasteiger partial charge < -0.3 is 14.9 Å². The number of rotatable bonds is 6. The standard InChI is InChI=1S/C13H20O3/c1-3-13(15)11-4-6-12(7-5-11)16-9-8-10(2)14/h4-7,10,13-15H,3,8-9H2,1-2H3/t10?,13-/m0/s1. The predicted octanol–water partition coefficient (Wildman–Crippen LogP) is 2.28. The zero-order valence-corrected chi connectivity index (χ0v) is 9.89. The Morgan fingerprint density at radius 3 is 2.31 bits per heavy atom. The van der Waals surface area contributed by atoms with Crippen molar-refractivity contribution in [2.75, 3.05) is 6.61 Å². The first-order valence-corrected chi connectivity index (χ1v) is 5.72. The summed E-state index contributed by atoms with van der Waals surface area (Å²) < 4.78 is 5.44. The second-order valence-corrected chi connectivity index (χ2v) is 3.98. The van der Waals surface area contributed by atoms with Crippen LogP contribution in [0.2, 0.25) is 0 Å². The van der Waals surface area contributed by atoms with Gasteiger partial charge in [-0.25, -0.2) is 0 Å². The van der Waals surface area contributed by atoms with E-state index in [1.54, 1.807) is 6.92 Å². The highest BCUT2D eigenvalue weighted by Gasteiger charge is 2.04. The molecule has 0 bridgehead atoms. The van der Waals surface area contributed by atoms with E-state index in [1.807, 2.05) is 31.2 Å². The fourth-order valence-electron chi connectivity index (χ4n) is 1.37. The molecular formula is C13H20O3. The third-order valence-electron chi connectivity index (χ3n) is 2.46. The minimum absolute atomic E-state index is 0.332. The zero-order chi connectivity index (χ0) is 12.0. The van der Waals surface area contributed by atoms with Gasteiger partial charge in [-0.1, -0.05) is 19.1 Å². The molecule has 0 spiro atoms. The lowest BCUT2D eigenvalue weighted by atomic mass is 10.1. The fourth-order valence-corrected chi connectivity index (χ4v) is 1.37. The van der Waals surface area contributed by atoms with Crippen molar-refractivity contribution in [2.45, 2.75) is 38.9 Å². The van der Waals surface area contributed by atoms with Gasteiger partial charge in [0.1, 0.15) is 5.75 Å². The first-order chi connectivity index (χ1) is 7.63. The van der Waals surface area contributed by atoms with Gasteiger partial charge in [0, 0.05) is 6.42 Å². The molecule has 16 heavy (non-hydrogen) atoms. The maximum atomic E-state index is 9.60. The third-order valence-corrected chi connectivity index (χ3v) is 2.46. The molecule has 1 aromatic rings. The van der Waals surface area contributed by atoms with Crippen molar-refractivity contribution in [1.82, 2.24) is 0 Å². The van der Waals surface area contributed by atoms with Gasteiger partial charge in [-0.3, -0.25) is 0 Å². The summed E-state index contributed by atoms with van der Waals surface area (Å²) in [6, 6.07) is 7.42. The molecule has 0 aliphatic carbocycles. The molecule has 0 aliphatic heterocycles. The molecule has 2 N–H and O–H groups in total. The Bertz CT molecular complexity index is 293. The molecule has 0 fully saturated rings. The van der Waals surface area contributed by atoms with E-state index in [4.69, 9.17) is 9.84 Å². The molecule has 0 saturated heterocycles. The molecule has 90 valence electrons. The molecule has 0 aromatic heterocycles. The maximum Gasteiger partial charge on any atom is 0.119 e. The van der Waals surface area contributed by atoms with Crippen LogP contribution in [0.15, 0.2) is 24.3 Å². The molecule has 0 heterocycles. The van der Waals surface area contributed by atoms with Gasteiger partial charge >= 0.3 is 0 Å². The van der Waals surface area contributed by atoms with E-state index in [2.05, 4.69) is 0 Å². The van der Waals surface area contributed by atoms with Crippen LogP contribution in [0.25, 0.3) is 0 Å². The average molecular weight is 224 g/mol. The topological polar surface area (TPSA) is 49.7 Å². The van der Waals surface area contributed by atoms with E-state index >= 15 is 0 Å². The van der Waals surface area contributed by atoms with Gasteiger partial charge in [-0.05, 0) is 31.0 Å². The average Bonchev–Trinajstić information content (AvgIpc) is 2.28. The monoisotopic (exact) mass is 224 g/mol. The Balaban J connectivity index is 2.45. The Kier molecular flexibility index (Phi) is 5.29. The second kappa shape index (κ2) is 6.51. The second-order valence-electron chi connectivity index (χ2n) is 3.98. The fraction of sp³-hybridized carbons (Fsp3) is 0.538. The first kappa shape index (κ1) is 13.0. The highest BCUT2D eigenvalue weighted by Crippen LogP contribution is 2.19. The molecule has 0 amide bonds. The summed E-state index contributed by atoms with van der Waals surface area (Å²) in [7, 11) is 0. The Labute approximate surface area is 96.7 Å². The molecule has 2 atom stereocenters. The minimum Gasteiger partial charge on any atom is -0.493 e. The minimum atomic E-state index is -0.397. The third kappa shape index (κ3) is 4.21. The summed E-state index contributed by atoms with van der Waals surface area (Å²) in [5.74, 6) is 0.771. The number of benzene rings is 1. The summed E-state index contributed by atoms with van der Waals surface area (Å²) >= 11 is 0. The zero-order valence-electron chi connectivity index (χ0n) is 9.89. The Morgan fingerprint density at radius 1 is 1.19 bits per heavy atom. The van der Waals surface area contributed by atoms with Crippen LogP contribution in [0.4, 0.5) is 0 Å². The van der Waals surface area contributed by atoms with Crippen molar-refractivity contribution in [3.05, 3.63) is 29.8 Å². The molecule has 3 heteroatoms. The lowest BCUT2D eigenvalue weighted by Crippen LogP contribution is -2.07. The number of aliphatic hydroxyl groups excluding tert-OH is 2. The summed E-state index contributed by atoms with van der Waals surface area (Å²) in [6.07, 6.45) is 0.606. The van der Waals surface area contributed by atoms with E-state index in [9.17, 15) is 5.11 Å².